The number of hydrogen-bond acceptors (Lipinski definition) is 2. The second-order valence-electron chi connectivity index (χ2n) is 4.90. The third kappa shape index (κ3) is 3.77. The largest absolute Gasteiger partial charge is 0.309 e. The first-order valence-corrected chi connectivity index (χ1v) is 7.37. The van der Waals surface area contributed by atoms with E-state index >= 15 is 0 Å². The molecule has 18 heavy (non-hydrogen) atoms. The number of benzene rings is 1. The second kappa shape index (κ2) is 6.64. The van der Waals surface area contributed by atoms with Crippen molar-refractivity contribution >= 4 is 15.9 Å². The van der Waals surface area contributed by atoms with Crippen LogP contribution in [0.1, 0.15) is 31.4 Å². The lowest BCUT2D eigenvalue weighted by atomic mass is 10.1. The van der Waals surface area contributed by atoms with Crippen LogP contribution in [0.2, 0.25) is 0 Å². The Morgan fingerprint density at radius 1 is 1.39 bits per heavy atom. The van der Waals surface area contributed by atoms with E-state index in [4.69, 9.17) is 0 Å². The normalized spacial score (nSPS) is 18.2. The number of likely N-dealkylation sites (tertiary alicyclic amines) is 1. The summed E-state index contributed by atoms with van der Waals surface area (Å²) < 4.78 is 13.7. The maximum Gasteiger partial charge on any atom is 0.137 e. The molecule has 4 heteroatoms. The van der Waals surface area contributed by atoms with Crippen molar-refractivity contribution < 1.29 is 4.39 Å². The molecule has 1 atom stereocenters. The molecule has 1 N–H and O–H groups in total. The number of halogens is 2. The van der Waals surface area contributed by atoms with Crippen LogP contribution in [-0.2, 0) is 0 Å². The van der Waals surface area contributed by atoms with Crippen LogP contribution in [0.4, 0.5) is 4.39 Å². The first-order valence-electron chi connectivity index (χ1n) is 6.57. The zero-order valence-corrected chi connectivity index (χ0v) is 12.3. The standard InChI is InChI=1S/C14H20BrFN2/c1-11(12-4-5-14(16)13(15)10-12)17-6-9-18-7-2-3-8-18/h4-5,10-11,17H,2-3,6-9H2,1H3. The van der Waals surface area contributed by atoms with Crippen LogP contribution in [0.3, 0.4) is 0 Å². The minimum atomic E-state index is -0.206. The Kier molecular flexibility index (Phi) is 5.15. The predicted octanol–water partition coefficient (Wildman–Crippen LogP) is 3.33. The van der Waals surface area contributed by atoms with Gasteiger partial charge in [0.25, 0.3) is 0 Å². The van der Waals surface area contributed by atoms with E-state index < -0.39 is 0 Å². The zero-order chi connectivity index (χ0) is 13.0. The van der Waals surface area contributed by atoms with Crippen molar-refractivity contribution in [3.8, 4) is 0 Å². The van der Waals surface area contributed by atoms with Gasteiger partial charge in [0, 0.05) is 19.1 Å². The Hall–Kier alpha value is -0.450. The lowest BCUT2D eigenvalue weighted by Crippen LogP contribution is -2.31. The third-order valence-electron chi connectivity index (χ3n) is 3.52. The summed E-state index contributed by atoms with van der Waals surface area (Å²) in [6.07, 6.45) is 2.67. The minimum absolute atomic E-state index is 0.206. The van der Waals surface area contributed by atoms with Crippen LogP contribution in [0.5, 0.6) is 0 Å². The fraction of sp³-hybridized carbons (Fsp3) is 0.571. The highest BCUT2D eigenvalue weighted by Crippen LogP contribution is 2.21. The Bertz CT molecular complexity index is 391. The van der Waals surface area contributed by atoms with Crippen LogP contribution in [0, 0.1) is 5.82 Å². The van der Waals surface area contributed by atoms with Gasteiger partial charge in [-0.25, -0.2) is 4.39 Å². The fourth-order valence-electron chi connectivity index (χ4n) is 2.34. The van der Waals surface area contributed by atoms with E-state index in [-0.39, 0.29) is 11.9 Å². The maximum absolute atomic E-state index is 13.1. The van der Waals surface area contributed by atoms with Crippen molar-refractivity contribution in [2.45, 2.75) is 25.8 Å². The van der Waals surface area contributed by atoms with Gasteiger partial charge in [-0.1, -0.05) is 6.07 Å². The van der Waals surface area contributed by atoms with Gasteiger partial charge in [-0.05, 0) is 66.5 Å². The van der Waals surface area contributed by atoms with Gasteiger partial charge in [-0.3, -0.25) is 0 Å². The Morgan fingerprint density at radius 2 is 2.11 bits per heavy atom. The van der Waals surface area contributed by atoms with Gasteiger partial charge in [0.15, 0.2) is 0 Å². The third-order valence-corrected chi connectivity index (χ3v) is 4.13. The summed E-state index contributed by atoms with van der Waals surface area (Å²) in [5.74, 6) is -0.206. The summed E-state index contributed by atoms with van der Waals surface area (Å²) in [4.78, 5) is 2.49. The van der Waals surface area contributed by atoms with Crippen molar-refractivity contribution in [1.29, 1.82) is 0 Å². The molecule has 1 saturated heterocycles. The molecule has 0 spiro atoms. The summed E-state index contributed by atoms with van der Waals surface area (Å²) in [7, 11) is 0. The Balaban J connectivity index is 1.79. The van der Waals surface area contributed by atoms with Crippen LogP contribution in [0.15, 0.2) is 22.7 Å². The van der Waals surface area contributed by atoms with Gasteiger partial charge in [-0.15, -0.1) is 0 Å². The van der Waals surface area contributed by atoms with E-state index in [2.05, 4.69) is 33.1 Å². The maximum atomic E-state index is 13.1. The van der Waals surface area contributed by atoms with Crippen LogP contribution in [0.25, 0.3) is 0 Å². The van der Waals surface area contributed by atoms with Gasteiger partial charge in [0.1, 0.15) is 5.82 Å². The molecular weight excluding hydrogens is 295 g/mol. The molecule has 1 fully saturated rings. The summed E-state index contributed by atoms with van der Waals surface area (Å²) >= 11 is 3.23. The molecule has 2 nitrogen and oxygen atoms in total. The molecule has 0 bridgehead atoms. The lowest BCUT2D eigenvalue weighted by Gasteiger charge is -2.18. The molecule has 2 rings (SSSR count). The van der Waals surface area contributed by atoms with E-state index in [1.807, 2.05) is 12.1 Å². The average molecular weight is 315 g/mol. The highest BCUT2D eigenvalue weighted by Gasteiger charge is 2.12. The first-order chi connectivity index (χ1) is 8.66. The summed E-state index contributed by atoms with van der Waals surface area (Å²) in [6, 6.07) is 5.46. The fourth-order valence-corrected chi connectivity index (χ4v) is 2.74. The van der Waals surface area contributed by atoms with Crippen molar-refractivity contribution in [2.24, 2.45) is 0 Å². The quantitative estimate of drug-likeness (QED) is 0.896. The van der Waals surface area contributed by atoms with E-state index in [9.17, 15) is 4.39 Å². The molecule has 1 unspecified atom stereocenters. The van der Waals surface area contributed by atoms with Crippen molar-refractivity contribution in [3.05, 3.63) is 34.1 Å². The highest BCUT2D eigenvalue weighted by atomic mass is 79.9. The molecule has 0 amide bonds. The molecular formula is C14H20BrFN2. The second-order valence-corrected chi connectivity index (χ2v) is 5.75. The molecule has 0 aliphatic carbocycles. The highest BCUT2D eigenvalue weighted by molar-refractivity contribution is 9.10. The molecule has 1 aliphatic heterocycles. The smallest absolute Gasteiger partial charge is 0.137 e. The van der Waals surface area contributed by atoms with E-state index in [0.717, 1.165) is 18.7 Å². The summed E-state index contributed by atoms with van der Waals surface area (Å²) in [5.41, 5.74) is 1.12. The van der Waals surface area contributed by atoms with Gasteiger partial charge in [0.2, 0.25) is 0 Å². The molecule has 1 aliphatic rings. The molecule has 1 aromatic rings. The van der Waals surface area contributed by atoms with E-state index in [1.165, 1.54) is 32.0 Å². The topological polar surface area (TPSA) is 15.3 Å². The minimum Gasteiger partial charge on any atom is -0.309 e. The van der Waals surface area contributed by atoms with Gasteiger partial charge < -0.3 is 10.2 Å². The number of nitrogens with one attached hydrogen (secondary N) is 1. The number of rotatable bonds is 5. The van der Waals surface area contributed by atoms with Crippen molar-refractivity contribution in [1.82, 2.24) is 10.2 Å². The number of hydrogen-bond donors (Lipinski definition) is 1. The van der Waals surface area contributed by atoms with E-state index in [1.54, 1.807) is 0 Å². The Morgan fingerprint density at radius 3 is 2.78 bits per heavy atom. The molecule has 0 aromatic heterocycles. The van der Waals surface area contributed by atoms with E-state index in [0.29, 0.717) is 4.47 Å². The molecule has 1 heterocycles. The van der Waals surface area contributed by atoms with Gasteiger partial charge >= 0.3 is 0 Å². The van der Waals surface area contributed by atoms with Crippen molar-refractivity contribution in [2.75, 3.05) is 26.2 Å². The van der Waals surface area contributed by atoms with Gasteiger partial charge in [-0.2, -0.15) is 0 Å². The first kappa shape index (κ1) is 14.0. The molecule has 100 valence electrons. The average Bonchev–Trinajstić information content (AvgIpc) is 2.85. The predicted molar refractivity (Wildman–Crippen MR) is 76.2 cm³/mol. The monoisotopic (exact) mass is 314 g/mol. The SMILES string of the molecule is CC(NCCN1CCCC1)c1ccc(F)c(Br)c1. The summed E-state index contributed by atoms with van der Waals surface area (Å²) in [5, 5.41) is 3.49. The Labute approximate surface area is 117 Å². The molecule has 1 aromatic carbocycles. The van der Waals surface area contributed by atoms with Crippen LogP contribution in [-0.4, -0.2) is 31.1 Å². The number of nitrogens with zero attached hydrogens (tertiary/aromatic N) is 1. The van der Waals surface area contributed by atoms with Crippen LogP contribution < -0.4 is 5.32 Å². The molecule has 0 saturated carbocycles. The van der Waals surface area contributed by atoms with Crippen molar-refractivity contribution in [3.63, 3.8) is 0 Å². The lowest BCUT2D eigenvalue weighted by molar-refractivity contribution is 0.330. The summed E-state index contributed by atoms with van der Waals surface area (Å²) in [6.45, 7) is 6.67. The molecule has 0 radical (unpaired) electrons. The zero-order valence-electron chi connectivity index (χ0n) is 10.8. The van der Waals surface area contributed by atoms with Crippen LogP contribution >= 0.6 is 15.9 Å². The van der Waals surface area contributed by atoms with Gasteiger partial charge in [0.05, 0.1) is 4.47 Å².